The summed E-state index contributed by atoms with van der Waals surface area (Å²) in [7, 11) is -3.85. The Morgan fingerprint density at radius 1 is 1.22 bits per heavy atom. The van der Waals surface area contributed by atoms with Gasteiger partial charge in [0.05, 0.1) is 35.9 Å². The first kappa shape index (κ1) is 22.5. The van der Waals surface area contributed by atoms with Crippen LogP contribution < -0.4 is 4.72 Å². The van der Waals surface area contributed by atoms with E-state index in [4.69, 9.17) is 4.74 Å². The molecular formula is C21H24FN5O4S. The molecule has 0 aliphatic carbocycles. The summed E-state index contributed by atoms with van der Waals surface area (Å²) in [6.07, 6.45) is 6.20. The number of pyridine rings is 1. The number of aliphatic hydroxyl groups is 1. The largest absolute Gasteiger partial charge is 0.394 e. The molecule has 2 aromatic heterocycles. The van der Waals surface area contributed by atoms with Crippen LogP contribution in [0.25, 0.3) is 11.3 Å². The lowest BCUT2D eigenvalue weighted by molar-refractivity contribution is -0.0891. The third-order valence-electron chi connectivity index (χ3n) is 5.40. The second-order valence-corrected chi connectivity index (χ2v) is 9.35. The van der Waals surface area contributed by atoms with E-state index in [2.05, 4.69) is 20.0 Å². The molecule has 170 valence electrons. The average Bonchev–Trinajstić information content (AvgIpc) is 3.28. The summed E-state index contributed by atoms with van der Waals surface area (Å²) in [5, 5.41) is 18.0. The Kier molecular flexibility index (Phi) is 6.89. The number of nitrogens with one attached hydrogen (secondary N) is 1. The fraction of sp³-hybridized carbons (Fsp3) is 0.381. The average molecular weight is 462 g/mol. The van der Waals surface area contributed by atoms with Crippen molar-refractivity contribution in [3.63, 3.8) is 0 Å². The summed E-state index contributed by atoms with van der Waals surface area (Å²) in [6.45, 7) is 0.254. The van der Waals surface area contributed by atoms with Crippen molar-refractivity contribution < 1.29 is 22.7 Å². The van der Waals surface area contributed by atoms with E-state index in [0.717, 1.165) is 23.4 Å². The summed E-state index contributed by atoms with van der Waals surface area (Å²) in [5.74, 6) is -0.513. The van der Waals surface area contributed by atoms with Crippen molar-refractivity contribution in [1.82, 2.24) is 24.7 Å². The topological polar surface area (TPSA) is 119 Å². The minimum Gasteiger partial charge on any atom is -0.394 e. The number of aryl methyl sites for hydroxylation is 1. The number of sulfonamides is 1. The fourth-order valence-corrected chi connectivity index (χ4v) is 4.99. The molecule has 1 aromatic carbocycles. The van der Waals surface area contributed by atoms with Crippen molar-refractivity contribution in [2.75, 3.05) is 6.61 Å². The highest BCUT2D eigenvalue weighted by Gasteiger charge is 2.34. The van der Waals surface area contributed by atoms with Gasteiger partial charge >= 0.3 is 0 Å². The van der Waals surface area contributed by atoms with Crippen LogP contribution in [0.1, 0.15) is 19.3 Å². The maximum Gasteiger partial charge on any atom is 0.240 e. The third-order valence-corrected chi connectivity index (χ3v) is 6.91. The van der Waals surface area contributed by atoms with E-state index in [1.807, 2.05) is 18.3 Å². The van der Waals surface area contributed by atoms with Gasteiger partial charge in [-0.25, -0.2) is 17.5 Å². The van der Waals surface area contributed by atoms with Gasteiger partial charge in [0.1, 0.15) is 11.5 Å². The molecule has 4 rings (SSSR count). The molecule has 0 unspecified atom stereocenters. The van der Waals surface area contributed by atoms with Crippen LogP contribution in [0.4, 0.5) is 4.39 Å². The van der Waals surface area contributed by atoms with Gasteiger partial charge in [-0.1, -0.05) is 5.21 Å². The first-order chi connectivity index (χ1) is 15.4. The van der Waals surface area contributed by atoms with Crippen LogP contribution in [0, 0.1) is 5.82 Å². The maximum absolute atomic E-state index is 13.1. The smallest absolute Gasteiger partial charge is 0.240 e. The van der Waals surface area contributed by atoms with Crippen molar-refractivity contribution in [2.45, 2.75) is 49.0 Å². The minimum absolute atomic E-state index is 0.0340. The zero-order chi connectivity index (χ0) is 22.6. The van der Waals surface area contributed by atoms with E-state index in [1.165, 1.54) is 12.1 Å². The molecule has 1 aliphatic rings. The number of hydrogen-bond donors (Lipinski definition) is 2. The van der Waals surface area contributed by atoms with Crippen LogP contribution in [0.5, 0.6) is 0 Å². The number of aromatic nitrogens is 4. The molecule has 9 nitrogen and oxygen atoms in total. The van der Waals surface area contributed by atoms with Crippen molar-refractivity contribution in [3.8, 4) is 11.3 Å². The first-order valence-corrected chi connectivity index (χ1v) is 11.8. The summed E-state index contributed by atoms with van der Waals surface area (Å²) >= 11 is 0. The van der Waals surface area contributed by atoms with E-state index in [-0.39, 0.29) is 17.6 Å². The lowest BCUT2D eigenvalue weighted by Crippen LogP contribution is -2.50. The van der Waals surface area contributed by atoms with E-state index in [1.54, 1.807) is 17.1 Å². The van der Waals surface area contributed by atoms with Crippen molar-refractivity contribution in [2.24, 2.45) is 0 Å². The third kappa shape index (κ3) is 5.36. The number of ether oxygens (including phenoxy) is 1. The van der Waals surface area contributed by atoms with Gasteiger partial charge in [0.15, 0.2) is 0 Å². The van der Waals surface area contributed by atoms with E-state index < -0.39 is 28.0 Å². The molecule has 3 aromatic rings. The SMILES string of the molecule is O=S(=O)(N[C@H]1CC[C@H](CCn2cc(-c3cccnc3)nn2)O[C@H]1CO)c1ccc(F)cc1. The number of nitrogens with zero attached hydrogens (tertiary/aromatic N) is 4. The number of aliphatic hydroxyl groups excluding tert-OH is 1. The predicted octanol–water partition coefficient (Wildman–Crippen LogP) is 1.76. The normalized spacial score (nSPS) is 21.5. The van der Waals surface area contributed by atoms with Crippen LogP contribution in [-0.4, -0.2) is 58.4 Å². The van der Waals surface area contributed by atoms with Gasteiger partial charge in [-0.2, -0.15) is 0 Å². The van der Waals surface area contributed by atoms with Crippen LogP contribution in [0.3, 0.4) is 0 Å². The molecular weight excluding hydrogens is 437 g/mol. The molecule has 1 saturated heterocycles. The molecule has 3 heterocycles. The zero-order valence-electron chi connectivity index (χ0n) is 17.2. The van der Waals surface area contributed by atoms with Crippen LogP contribution in [0.2, 0.25) is 0 Å². The Hall–Kier alpha value is -2.73. The molecule has 0 bridgehead atoms. The van der Waals surface area contributed by atoms with E-state index in [0.29, 0.717) is 25.8 Å². The second kappa shape index (κ2) is 9.82. The molecule has 11 heteroatoms. The number of rotatable bonds is 8. The first-order valence-electron chi connectivity index (χ1n) is 10.3. The molecule has 0 spiro atoms. The number of hydrogen-bond acceptors (Lipinski definition) is 7. The van der Waals surface area contributed by atoms with Crippen LogP contribution in [0.15, 0.2) is 59.9 Å². The van der Waals surface area contributed by atoms with Gasteiger partial charge in [0.25, 0.3) is 0 Å². The standard InChI is InChI=1S/C21H24FN5O4S/c22-16-3-6-18(7-4-16)32(29,30)25-19-8-5-17(31-21(19)14-28)9-11-27-13-20(24-26-27)15-2-1-10-23-12-15/h1-4,6-7,10,12-13,17,19,21,25,28H,5,8-9,11,14H2/t17-,19+,21+/m1/s1. The Morgan fingerprint density at radius 2 is 2.03 bits per heavy atom. The molecule has 2 N–H and O–H groups in total. The van der Waals surface area contributed by atoms with Gasteiger partial charge < -0.3 is 9.84 Å². The summed E-state index contributed by atoms with van der Waals surface area (Å²) in [6, 6.07) is 7.76. The van der Waals surface area contributed by atoms with Gasteiger partial charge in [0, 0.05) is 24.5 Å². The van der Waals surface area contributed by atoms with Crippen molar-refractivity contribution in [1.29, 1.82) is 0 Å². The summed E-state index contributed by atoms with van der Waals surface area (Å²) in [4.78, 5) is 4.04. The number of halogens is 1. The molecule has 32 heavy (non-hydrogen) atoms. The Bertz CT molecular complexity index is 1120. The second-order valence-electron chi connectivity index (χ2n) is 7.64. The zero-order valence-corrected chi connectivity index (χ0v) is 18.0. The van der Waals surface area contributed by atoms with Gasteiger partial charge in [-0.05, 0) is 55.7 Å². The minimum atomic E-state index is -3.85. The van der Waals surface area contributed by atoms with E-state index in [9.17, 15) is 17.9 Å². The molecule has 1 fully saturated rings. The molecule has 0 saturated carbocycles. The predicted molar refractivity (Wildman–Crippen MR) is 113 cm³/mol. The van der Waals surface area contributed by atoms with Crippen molar-refractivity contribution in [3.05, 3.63) is 60.8 Å². The van der Waals surface area contributed by atoms with Gasteiger partial charge in [0.2, 0.25) is 10.0 Å². The molecule has 3 atom stereocenters. The highest BCUT2D eigenvalue weighted by atomic mass is 32.2. The Balaban J connectivity index is 1.33. The van der Waals surface area contributed by atoms with E-state index >= 15 is 0 Å². The molecule has 0 amide bonds. The highest BCUT2D eigenvalue weighted by Crippen LogP contribution is 2.24. The van der Waals surface area contributed by atoms with Crippen molar-refractivity contribution >= 4 is 10.0 Å². The quantitative estimate of drug-likeness (QED) is 0.525. The Morgan fingerprint density at radius 3 is 2.75 bits per heavy atom. The summed E-state index contributed by atoms with van der Waals surface area (Å²) < 4.78 is 48.5. The maximum atomic E-state index is 13.1. The molecule has 0 radical (unpaired) electrons. The van der Waals surface area contributed by atoms with Gasteiger partial charge in [-0.15, -0.1) is 5.10 Å². The van der Waals surface area contributed by atoms with Crippen LogP contribution >= 0.6 is 0 Å². The monoisotopic (exact) mass is 461 g/mol. The Labute approximate surface area is 185 Å². The summed E-state index contributed by atoms with van der Waals surface area (Å²) in [5.41, 5.74) is 1.61. The highest BCUT2D eigenvalue weighted by molar-refractivity contribution is 7.89. The van der Waals surface area contributed by atoms with Gasteiger partial charge in [-0.3, -0.25) is 9.67 Å². The lowest BCUT2D eigenvalue weighted by atomic mass is 9.98. The lowest BCUT2D eigenvalue weighted by Gasteiger charge is -2.36. The number of benzene rings is 1. The molecule has 1 aliphatic heterocycles. The van der Waals surface area contributed by atoms with Crippen LogP contribution in [-0.2, 0) is 21.3 Å². The fourth-order valence-electron chi connectivity index (χ4n) is 3.69.